The lowest BCUT2D eigenvalue weighted by Gasteiger charge is -2.33. The summed E-state index contributed by atoms with van der Waals surface area (Å²) in [6.07, 6.45) is 3.13. The van der Waals surface area contributed by atoms with E-state index in [-0.39, 0.29) is 6.09 Å². The van der Waals surface area contributed by atoms with Crippen LogP contribution >= 0.6 is 0 Å². The molecule has 1 amide bonds. The Balaban J connectivity index is 2.13. The first-order valence-electron chi connectivity index (χ1n) is 8.11. The smallest absolute Gasteiger partial charge is 0.410 e. The summed E-state index contributed by atoms with van der Waals surface area (Å²) >= 11 is 0. The number of nitrogens with one attached hydrogen (secondary N) is 1. The molecule has 1 aliphatic heterocycles. The molecular formula is C16H32N2O3. The number of hydrogen-bond acceptors (Lipinski definition) is 4. The zero-order valence-electron chi connectivity index (χ0n) is 14.3. The van der Waals surface area contributed by atoms with Crippen LogP contribution in [0.2, 0.25) is 0 Å². The van der Waals surface area contributed by atoms with E-state index in [1.165, 1.54) is 0 Å². The van der Waals surface area contributed by atoms with E-state index in [1.807, 2.05) is 25.7 Å². The lowest BCUT2D eigenvalue weighted by Crippen LogP contribution is -2.46. The summed E-state index contributed by atoms with van der Waals surface area (Å²) < 4.78 is 10.9. The Morgan fingerprint density at radius 3 is 2.43 bits per heavy atom. The number of hydrogen-bond donors (Lipinski definition) is 1. The second-order valence-electron chi connectivity index (χ2n) is 6.97. The fourth-order valence-electron chi connectivity index (χ4n) is 2.29. The zero-order valence-corrected chi connectivity index (χ0v) is 14.3. The second-order valence-corrected chi connectivity index (χ2v) is 6.97. The van der Waals surface area contributed by atoms with Crippen LogP contribution in [0.1, 0.15) is 53.9 Å². The number of likely N-dealkylation sites (tertiary alicyclic amines) is 1. The van der Waals surface area contributed by atoms with Gasteiger partial charge in [-0.25, -0.2) is 4.79 Å². The van der Waals surface area contributed by atoms with Gasteiger partial charge < -0.3 is 19.7 Å². The molecule has 124 valence electrons. The summed E-state index contributed by atoms with van der Waals surface area (Å²) in [6.45, 7) is 13.1. The molecule has 0 aromatic heterocycles. The van der Waals surface area contributed by atoms with Crippen molar-refractivity contribution < 1.29 is 14.3 Å². The van der Waals surface area contributed by atoms with Gasteiger partial charge in [-0.1, -0.05) is 0 Å². The number of nitrogens with zero attached hydrogens (tertiary/aromatic N) is 1. The molecule has 1 fully saturated rings. The topological polar surface area (TPSA) is 50.8 Å². The zero-order chi connectivity index (χ0) is 15.9. The van der Waals surface area contributed by atoms with Crippen molar-refractivity contribution in [2.24, 2.45) is 0 Å². The lowest BCUT2D eigenvalue weighted by molar-refractivity contribution is 0.0197. The molecule has 1 N–H and O–H groups in total. The summed E-state index contributed by atoms with van der Waals surface area (Å²) in [7, 11) is 0. The van der Waals surface area contributed by atoms with Crippen LogP contribution in [-0.4, -0.2) is 55.0 Å². The molecule has 0 unspecified atom stereocenters. The Kier molecular flexibility index (Phi) is 7.46. The summed E-state index contributed by atoms with van der Waals surface area (Å²) in [6, 6.07) is 0.503. The van der Waals surface area contributed by atoms with E-state index in [0.29, 0.717) is 12.1 Å². The van der Waals surface area contributed by atoms with Crippen LogP contribution in [0.5, 0.6) is 0 Å². The van der Waals surface area contributed by atoms with Gasteiger partial charge in [-0.05, 0) is 60.4 Å². The van der Waals surface area contributed by atoms with Gasteiger partial charge in [0.25, 0.3) is 0 Å². The standard InChI is InChI=1S/C16H32N2O3/c1-13(2)20-12-6-9-17-14-7-10-18(11-8-14)15(19)21-16(3,4)5/h13-14,17H,6-12H2,1-5H3. The predicted molar refractivity (Wildman–Crippen MR) is 84.5 cm³/mol. The van der Waals surface area contributed by atoms with Crippen molar-refractivity contribution in [3.63, 3.8) is 0 Å². The van der Waals surface area contributed by atoms with Crippen LogP contribution in [0.4, 0.5) is 4.79 Å². The molecular weight excluding hydrogens is 268 g/mol. The fraction of sp³-hybridized carbons (Fsp3) is 0.938. The van der Waals surface area contributed by atoms with E-state index in [1.54, 1.807) is 0 Å². The molecule has 0 radical (unpaired) electrons. The molecule has 0 spiro atoms. The normalized spacial score (nSPS) is 17.3. The summed E-state index contributed by atoms with van der Waals surface area (Å²) in [4.78, 5) is 13.8. The first-order valence-corrected chi connectivity index (χ1v) is 8.11. The molecule has 1 heterocycles. The molecule has 1 aliphatic rings. The van der Waals surface area contributed by atoms with Crippen LogP contribution in [0.25, 0.3) is 0 Å². The number of rotatable bonds is 6. The summed E-state index contributed by atoms with van der Waals surface area (Å²) in [5, 5.41) is 3.54. The maximum absolute atomic E-state index is 12.0. The van der Waals surface area contributed by atoms with Crippen molar-refractivity contribution in [1.29, 1.82) is 0 Å². The third-order valence-corrected chi connectivity index (χ3v) is 3.35. The van der Waals surface area contributed by atoms with Crippen LogP contribution < -0.4 is 5.32 Å². The van der Waals surface area contributed by atoms with E-state index in [0.717, 1.165) is 45.5 Å². The van der Waals surface area contributed by atoms with Crippen molar-refractivity contribution in [2.45, 2.75) is 71.6 Å². The number of carbonyl (C=O) groups is 1. The minimum absolute atomic E-state index is 0.189. The van der Waals surface area contributed by atoms with Gasteiger partial charge in [0.15, 0.2) is 0 Å². The molecule has 0 aliphatic carbocycles. The van der Waals surface area contributed by atoms with Crippen molar-refractivity contribution in [3.05, 3.63) is 0 Å². The van der Waals surface area contributed by atoms with Crippen molar-refractivity contribution in [1.82, 2.24) is 10.2 Å². The maximum atomic E-state index is 12.0. The van der Waals surface area contributed by atoms with E-state index >= 15 is 0 Å². The second kappa shape index (κ2) is 8.59. The summed E-state index contributed by atoms with van der Waals surface area (Å²) in [5.41, 5.74) is -0.414. The van der Waals surface area contributed by atoms with Gasteiger partial charge in [-0.3, -0.25) is 0 Å². The van der Waals surface area contributed by atoms with E-state index < -0.39 is 5.60 Å². The Morgan fingerprint density at radius 2 is 1.90 bits per heavy atom. The largest absolute Gasteiger partial charge is 0.444 e. The predicted octanol–water partition coefficient (Wildman–Crippen LogP) is 2.79. The third kappa shape index (κ3) is 8.27. The van der Waals surface area contributed by atoms with Gasteiger partial charge in [-0.15, -0.1) is 0 Å². The first kappa shape index (κ1) is 18.2. The number of amides is 1. The summed E-state index contributed by atoms with van der Waals surface area (Å²) in [5.74, 6) is 0. The van der Waals surface area contributed by atoms with Crippen molar-refractivity contribution >= 4 is 6.09 Å². The number of piperidine rings is 1. The third-order valence-electron chi connectivity index (χ3n) is 3.35. The van der Waals surface area contributed by atoms with Crippen LogP contribution in [0.15, 0.2) is 0 Å². The fourth-order valence-corrected chi connectivity index (χ4v) is 2.29. The van der Waals surface area contributed by atoms with Crippen LogP contribution in [-0.2, 0) is 9.47 Å². The Labute approximate surface area is 129 Å². The molecule has 0 aromatic rings. The minimum Gasteiger partial charge on any atom is -0.444 e. The molecule has 0 bridgehead atoms. The molecule has 5 heteroatoms. The van der Waals surface area contributed by atoms with Crippen molar-refractivity contribution in [2.75, 3.05) is 26.2 Å². The van der Waals surface area contributed by atoms with Gasteiger partial charge >= 0.3 is 6.09 Å². The minimum atomic E-state index is -0.414. The van der Waals surface area contributed by atoms with Gasteiger partial charge in [0.1, 0.15) is 5.60 Å². The van der Waals surface area contributed by atoms with Gasteiger partial charge in [0.2, 0.25) is 0 Å². The Morgan fingerprint density at radius 1 is 1.29 bits per heavy atom. The number of carbonyl (C=O) groups excluding carboxylic acids is 1. The van der Waals surface area contributed by atoms with E-state index in [9.17, 15) is 4.79 Å². The van der Waals surface area contributed by atoms with Crippen LogP contribution in [0.3, 0.4) is 0 Å². The Hall–Kier alpha value is -0.810. The van der Waals surface area contributed by atoms with E-state index in [2.05, 4.69) is 19.2 Å². The molecule has 0 aromatic carbocycles. The average molecular weight is 300 g/mol. The van der Waals surface area contributed by atoms with Crippen molar-refractivity contribution in [3.8, 4) is 0 Å². The molecule has 21 heavy (non-hydrogen) atoms. The van der Waals surface area contributed by atoms with E-state index in [4.69, 9.17) is 9.47 Å². The highest BCUT2D eigenvalue weighted by molar-refractivity contribution is 5.68. The lowest BCUT2D eigenvalue weighted by atomic mass is 10.1. The van der Waals surface area contributed by atoms with Gasteiger partial charge in [0, 0.05) is 25.7 Å². The number of ether oxygens (including phenoxy) is 2. The average Bonchev–Trinajstić information content (AvgIpc) is 2.36. The van der Waals surface area contributed by atoms with Crippen LogP contribution in [0, 0.1) is 0 Å². The highest BCUT2D eigenvalue weighted by Crippen LogP contribution is 2.15. The molecule has 1 rings (SSSR count). The molecule has 1 saturated heterocycles. The SMILES string of the molecule is CC(C)OCCCNC1CCN(C(=O)OC(C)(C)C)CC1. The van der Waals surface area contributed by atoms with Gasteiger partial charge in [-0.2, -0.15) is 0 Å². The Bertz CT molecular complexity index is 305. The highest BCUT2D eigenvalue weighted by atomic mass is 16.6. The molecule has 5 nitrogen and oxygen atoms in total. The highest BCUT2D eigenvalue weighted by Gasteiger charge is 2.26. The quantitative estimate of drug-likeness (QED) is 0.766. The molecule has 0 saturated carbocycles. The van der Waals surface area contributed by atoms with Gasteiger partial charge in [0.05, 0.1) is 6.10 Å². The molecule has 0 atom stereocenters. The first-order chi connectivity index (χ1) is 9.78. The maximum Gasteiger partial charge on any atom is 0.410 e. The monoisotopic (exact) mass is 300 g/mol.